The minimum absolute atomic E-state index is 0.114. The van der Waals surface area contributed by atoms with Crippen LogP contribution in [-0.2, 0) is 11.3 Å². The SMILES string of the molecule is CN(C)CCN1CCN(C2=Nc3ccccc3C(CC(=O)NCc3ccc(F)cc3)N2c2ccc3cc(F)ccc3c2)CC1. The summed E-state index contributed by atoms with van der Waals surface area (Å²) in [7, 11) is 4.19. The number of nitrogens with zero attached hydrogens (tertiary/aromatic N) is 5. The van der Waals surface area contributed by atoms with Crippen LogP contribution in [0.2, 0.25) is 0 Å². The first-order valence-corrected chi connectivity index (χ1v) is 15.1. The van der Waals surface area contributed by atoms with Crippen molar-refractivity contribution in [3.8, 4) is 0 Å². The molecular formula is C35H38F2N6O. The molecule has 1 atom stereocenters. The van der Waals surface area contributed by atoms with Crippen LogP contribution in [0.5, 0.6) is 0 Å². The van der Waals surface area contributed by atoms with Gasteiger partial charge in [0, 0.05) is 57.1 Å². The summed E-state index contributed by atoms with van der Waals surface area (Å²) in [6.07, 6.45) is 0.196. The first kappa shape index (κ1) is 29.7. The Morgan fingerprint density at radius 2 is 1.59 bits per heavy atom. The van der Waals surface area contributed by atoms with Crippen LogP contribution in [0, 0.1) is 11.6 Å². The van der Waals surface area contributed by atoms with Gasteiger partial charge in [0.25, 0.3) is 0 Å². The second-order valence-electron chi connectivity index (χ2n) is 11.8. The maximum Gasteiger partial charge on any atom is 0.222 e. The van der Waals surface area contributed by atoms with Crippen LogP contribution in [-0.4, -0.2) is 79.9 Å². The smallest absolute Gasteiger partial charge is 0.222 e. The van der Waals surface area contributed by atoms with Crippen LogP contribution in [0.15, 0.2) is 89.9 Å². The minimum atomic E-state index is -0.323. The molecule has 0 bridgehead atoms. The van der Waals surface area contributed by atoms with E-state index in [1.54, 1.807) is 18.2 Å². The van der Waals surface area contributed by atoms with Gasteiger partial charge in [-0.2, -0.15) is 0 Å². The molecule has 2 aliphatic heterocycles. The van der Waals surface area contributed by atoms with Gasteiger partial charge in [0.05, 0.1) is 18.2 Å². The monoisotopic (exact) mass is 596 g/mol. The van der Waals surface area contributed by atoms with Crippen molar-refractivity contribution in [2.24, 2.45) is 4.99 Å². The molecule has 1 saturated heterocycles. The number of guanidine groups is 1. The maximum atomic E-state index is 14.0. The number of carbonyl (C=O) groups is 1. The molecule has 44 heavy (non-hydrogen) atoms. The molecule has 6 rings (SSSR count). The minimum Gasteiger partial charge on any atom is -0.352 e. The van der Waals surface area contributed by atoms with E-state index in [-0.39, 0.29) is 30.0 Å². The van der Waals surface area contributed by atoms with E-state index in [0.717, 1.165) is 78.5 Å². The molecule has 1 unspecified atom stereocenters. The fourth-order valence-corrected chi connectivity index (χ4v) is 5.95. The summed E-state index contributed by atoms with van der Waals surface area (Å²) in [6, 6.07) is 24.6. The van der Waals surface area contributed by atoms with Gasteiger partial charge in [-0.05, 0) is 72.9 Å². The molecule has 9 heteroatoms. The lowest BCUT2D eigenvalue weighted by molar-refractivity contribution is -0.121. The summed E-state index contributed by atoms with van der Waals surface area (Å²) < 4.78 is 27.4. The van der Waals surface area contributed by atoms with Crippen molar-refractivity contribution in [1.29, 1.82) is 0 Å². The molecule has 0 aliphatic carbocycles. The van der Waals surface area contributed by atoms with E-state index in [4.69, 9.17) is 4.99 Å². The lowest BCUT2D eigenvalue weighted by Crippen LogP contribution is -2.56. The number of rotatable bonds is 8. The number of halogens is 2. The summed E-state index contributed by atoms with van der Waals surface area (Å²) in [5, 5.41) is 4.76. The number of nitrogens with one attached hydrogen (secondary N) is 1. The van der Waals surface area contributed by atoms with Gasteiger partial charge in [-0.25, -0.2) is 13.8 Å². The number of carbonyl (C=O) groups excluding carboxylic acids is 1. The molecule has 4 aromatic carbocycles. The van der Waals surface area contributed by atoms with E-state index < -0.39 is 0 Å². The zero-order valence-electron chi connectivity index (χ0n) is 25.2. The van der Waals surface area contributed by atoms with Gasteiger partial charge in [-0.15, -0.1) is 0 Å². The summed E-state index contributed by atoms with van der Waals surface area (Å²) in [6.45, 7) is 5.79. The molecule has 1 N–H and O–H groups in total. The first-order valence-electron chi connectivity index (χ1n) is 15.1. The molecule has 7 nitrogen and oxygen atoms in total. The van der Waals surface area contributed by atoms with Gasteiger partial charge in [0.2, 0.25) is 11.9 Å². The van der Waals surface area contributed by atoms with E-state index >= 15 is 0 Å². The van der Waals surface area contributed by atoms with Gasteiger partial charge in [-0.3, -0.25) is 9.69 Å². The third-order valence-electron chi connectivity index (χ3n) is 8.41. The number of hydrogen-bond donors (Lipinski definition) is 1. The Bertz CT molecular complexity index is 1650. The van der Waals surface area contributed by atoms with Gasteiger partial charge < -0.3 is 20.0 Å². The van der Waals surface area contributed by atoms with Crippen LogP contribution in [0.4, 0.5) is 20.2 Å². The molecule has 2 heterocycles. The van der Waals surface area contributed by atoms with Crippen LogP contribution in [0.3, 0.4) is 0 Å². The Balaban J connectivity index is 1.33. The average molecular weight is 597 g/mol. The molecule has 0 aromatic heterocycles. The van der Waals surface area contributed by atoms with E-state index in [9.17, 15) is 13.6 Å². The lowest BCUT2D eigenvalue weighted by Gasteiger charge is -2.45. The number of anilines is 1. The van der Waals surface area contributed by atoms with Crippen molar-refractivity contribution in [3.05, 3.63) is 108 Å². The Morgan fingerprint density at radius 1 is 0.886 bits per heavy atom. The molecule has 4 aromatic rings. The number of likely N-dealkylation sites (N-methyl/N-ethyl adjacent to an activating group) is 1. The molecule has 1 fully saturated rings. The van der Waals surface area contributed by atoms with E-state index in [0.29, 0.717) is 6.54 Å². The first-order chi connectivity index (χ1) is 21.3. The molecule has 0 saturated carbocycles. The molecule has 2 aliphatic rings. The Labute approximate surface area is 257 Å². The van der Waals surface area contributed by atoms with Crippen LogP contribution in [0.25, 0.3) is 10.8 Å². The number of benzene rings is 4. The summed E-state index contributed by atoms with van der Waals surface area (Å²) in [5.41, 5.74) is 3.55. The highest BCUT2D eigenvalue weighted by Crippen LogP contribution is 2.41. The molecule has 0 spiro atoms. The number of aliphatic imine (C=N–C) groups is 1. The van der Waals surface area contributed by atoms with Gasteiger partial charge >= 0.3 is 0 Å². The standard InChI is InChI=1S/C35H38F2N6O/c1-40(2)15-16-41-17-19-42(20-18-41)35-39-32-6-4-3-5-31(32)33(23-34(44)38-24-25-7-11-28(36)12-8-25)43(35)30-14-10-26-21-29(37)13-9-27(26)22-30/h3-14,21-22,33H,15-20,23-24H2,1-2H3,(H,38,44). The quantitative estimate of drug-likeness (QED) is 0.289. The van der Waals surface area contributed by atoms with Gasteiger partial charge in [0.15, 0.2) is 0 Å². The Hall–Kier alpha value is -4.34. The normalized spacial score (nSPS) is 17.1. The maximum absolute atomic E-state index is 14.0. The number of hydrogen-bond acceptors (Lipinski definition) is 6. The molecule has 1 amide bonds. The third kappa shape index (κ3) is 6.74. The van der Waals surface area contributed by atoms with Crippen molar-refractivity contribution in [3.63, 3.8) is 0 Å². The number of para-hydroxylation sites is 1. The molecular weight excluding hydrogens is 558 g/mol. The lowest BCUT2D eigenvalue weighted by atomic mass is 9.96. The highest BCUT2D eigenvalue weighted by Gasteiger charge is 2.36. The van der Waals surface area contributed by atoms with Crippen molar-refractivity contribution < 1.29 is 13.6 Å². The number of amides is 1. The van der Waals surface area contributed by atoms with Gasteiger partial charge in [-0.1, -0.05) is 42.5 Å². The molecule has 0 radical (unpaired) electrons. The van der Waals surface area contributed by atoms with E-state index in [1.807, 2.05) is 36.4 Å². The summed E-state index contributed by atoms with van der Waals surface area (Å²) >= 11 is 0. The van der Waals surface area contributed by atoms with Crippen LogP contribution in [0.1, 0.15) is 23.6 Å². The Morgan fingerprint density at radius 3 is 2.36 bits per heavy atom. The fraction of sp³-hybridized carbons (Fsp3) is 0.314. The van der Waals surface area contributed by atoms with Crippen LogP contribution >= 0.6 is 0 Å². The average Bonchev–Trinajstić information content (AvgIpc) is 3.03. The summed E-state index contributed by atoms with van der Waals surface area (Å²) in [5.74, 6) is 0.116. The van der Waals surface area contributed by atoms with Crippen molar-refractivity contribution in [2.75, 3.05) is 58.3 Å². The topological polar surface area (TPSA) is 54.4 Å². The fourth-order valence-electron chi connectivity index (χ4n) is 5.95. The zero-order chi connectivity index (χ0) is 30.6. The predicted molar refractivity (Wildman–Crippen MR) is 172 cm³/mol. The highest BCUT2D eigenvalue weighted by atomic mass is 19.1. The second-order valence-corrected chi connectivity index (χ2v) is 11.8. The predicted octanol–water partition coefficient (Wildman–Crippen LogP) is 5.55. The number of piperazine rings is 1. The molecule has 228 valence electrons. The Kier molecular flexibility index (Phi) is 8.86. The van der Waals surface area contributed by atoms with E-state index in [2.05, 4.69) is 45.1 Å². The van der Waals surface area contributed by atoms with Crippen LogP contribution < -0.4 is 10.2 Å². The third-order valence-corrected chi connectivity index (χ3v) is 8.41. The highest BCUT2D eigenvalue weighted by molar-refractivity contribution is 6.03. The number of fused-ring (bicyclic) bond motifs is 2. The van der Waals surface area contributed by atoms with E-state index in [1.165, 1.54) is 24.3 Å². The summed E-state index contributed by atoms with van der Waals surface area (Å²) in [4.78, 5) is 27.9. The van der Waals surface area contributed by atoms with Crippen molar-refractivity contribution in [1.82, 2.24) is 20.0 Å². The second kappa shape index (κ2) is 13.1. The van der Waals surface area contributed by atoms with Crippen molar-refractivity contribution >= 4 is 34.0 Å². The zero-order valence-corrected chi connectivity index (χ0v) is 25.2. The van der Waals surface area contributed by atoms with Gasteiger partial charge in [0.1, 0.15) is 11.6 Å². The van der Waals surface area contributed by atoms with Crippen molar-refractivity contribution in [2.45, 2.75) is 19.0 Å². The largest absolute Gasteiger partial charge is 0.352 e.